The van der Waals surface area contributed by atoms with Crippen LogP contribution in [0.25, 0.3) is 6.08 Å². The van der Waals surface area contributed by atoms with Crippen LogP contribution in [-0.4, -0.2) is 24.4 Å². The first kappa shape index (κ1) is 12.9. The molecule has 1 heterocycles. The fourth-order valence-electron chi connectivity index (χ4n) is 1.52. The molecule has 1 aliphatic heterocycles. The molecule has 1 aromatic rings. The first-order chi connectivity index (χ1) is 8.63. The SMILES string of the molecule is COc1ccc(/C=C2/SC(=S)NC2=O)cc1OC. The third-order valence-electron chi connectivity index (χ3n) is 2.35. The maximum atomic E-state index is 11.5. The number of hydrogen-bond acceptors (Lipinski definition) is 5. The molecule has 18 heavy (non-hydrogen) atoms. The minimum absolute atomic E-state index is 0.167. The summed E-state index contributed by atoms with van der Waals surface area (Å²) in [6.45, 7) is 0. The summed E-state index contributed by atoms with van der Waals surface area (Å²) in [5, 5.41) is 2.57. The van der Waals surface area contributed by atoms with Crippen LogP contribution in [-0.2, 0) is 4.79 Å². The Bertz CT molecular complexity index is 540. The molecule has 0 atom stereocenters. The molecule has 1 aliphatic rings. The maximum Gasteiger partial charge on any atom is 0.263 e. The average Bonchev–Trinajstić information content (AvgIpc) is 2.67. The molecule has 1 N–H and O–H groups in total. The summed E-state index contributed by atoms with van der Waals surface area (Å²) in [7, 11) is 3.15. The van der Waals surface area contributed by atoms with Gasteiger partial charge in [-0.15, -0.1) is 0 Å². The highest BCUT2D eigenvalue weighted by Crippen LogP contribution is 2.31. The van der Waals surface area contributed by atoms with E-state index in [2.05, 4.69) is 5.32 Å². The molecule has 0 unspecified atom stereocenters. The number of carbonyl (C=O) groups excluding carboxylic acids is 1. The van der Waals surface area contributed by atoms with Gasteiger partial charge in [-0.2, -0.15) is 0 Å². The van der Waals surface area contributed by atoms with Gasteiger partial charge in [0, 0.05) is 0 Å². The van der Waals surface area contributed by atoms with Crippen LogP contribution in [0.2, 0.25) is 0 Å². The van der Waals surface area contributed by atoms with Crippen molar-refractivity contribution < 1.29 is 14.3 Å². The van der Waals surface area contributed by atoms with Crippen LogP contribution < -0.4 is 14.8 Å². The molecule has 0 radical (unpaired) electrons. The summed E-state index contributed by atoms with van der Waals surface area (Å²) < 4.78 is 10.8. The van der Waals surface area contributed by atoms with E-state index in [4.69, 9.17) is 21.7 Å². The van der Waals surface area contributed by atoms with Crippen LogP contribution >= 0.6 is 24.0 Å². The lowest BCUT2D eigenvalue weighted by Gasteiger charge is -2.07. The van der Waals surface area contributed by atoms with E-state index in [0.717, 1.165) is 5.56 Å². The number of benzene rings is 1. The van der Waals surface area contributed by atoms with Crippen LogP contribution in [0.4, 0.5) is 0 Å². The Balaban J connectivity index is 2.32. The molecular weight excluding hydrogens is 270 g/mol. The second kappa shape index (κ2) is 5.41. The van der Waals surface area contributed by atoms with Gasteiger partial charge < -0.3 is 14.8 Å². The predicted octanol–water partition coefficient (Wildman–Crippen LogP) is 2.19. The number of carbonyl (C=O) groups is 1. The van der Waals surface area contributed by atoms with Gasteiger partial charge in [-0.05, 0) is 23.8 Å². The quantitative estimate of drug-likeness (QED) is 0.680. The average molecular weight is 281 g/mol. The monoisotopic (exact) mass is 281 g/mol. The predicted molar refractivity (Wildman–Crippen MR) is 75.9 cm³/mol. The number of rotatable bonds is 3. The minimum Gasteiger partial charge on any atom is -0.493 e. The number of amides is 1. The van der Waals surface area contributed by atoms with Crippen molar-refractivity contribution in [2.75, 3.05) is 14.2 Å². The van der Waals surface area contributed by atoms with Crippen molar-refractivity contribution in [3.8, 4) is 11.5 Å². The van der Waals surface area contributed by atoms with Crippen LogP contribution in [0.3, 0.4) is 0 Å². The molecule has 6 heteroatoms. The van der Waals surface area contributed by atoms with Crippen molar-refractivity contribution in [2.24, 2.45) is 0 Å². The molecule has 0 bridgehead atoms. The number of ether oxygens (including phenoxy) is 2. The fourth-order valence-corrected chi connectivity index (χ4v) is 2.56. The van der Waals surface area contributed by atoms with E-state index in [9.17, 15) is 4.79 Å². The Morgan fingerprint density at radius 1 is 1.28 bits per heavy atom. The Hall–Kier alpha value is -1.53. The van der Waals surface area contributed by atoms with Gasteiger partial charge in [0.25, 0.3) is 5.91 Å². The van der Waals surface area contributed by atoms with Crippen LogP contribution in [0.15, 0.2) is 23.1 Å². The molecule has 0 saturated carbocycles. The van der Waals surface area contributed by atoms with Gasteiger partial charge in [0.15, 0.2) is 11.5 Å². The maximum absolute atomic E-state index is 11.5. The Kier molecular flexibility index (Phi) is 3.88. The van der Waals surface area contributed by atoms with E-state index in [-0.39, 0.29) is 5.91 Å². The summed E-state index contributed by atoms with van der Waals surface area (Å²) in [5.74, 6) is 1.11. The zero-order valence-electron chi connectivity index (χ0n) is 9.85. The highest BCUT2D eigenvalue weighted by molar-refractivity contribution is 8.26. The standard InChI is InChI=1S/C12H11NO3S2/c1-15-8-4-3-7(5-9(8)16-2)6-10-11(14)13-12(17)18-10/h3-6H,1-2H3,(H,13,14,17)/b10-6+. The van der Waals surface area contributed by atoms with Gasteiger partial charge in [0.05, 0.1) is 19.1 Å². The summed E-state index contributed by atoms with van der Waals surface area (Å²) in [5.41, 5.74) is 0.856. The Labute approximate surface area is 114 Å². The number of hydrogen-bond donors (Lipinski definition) is 1. The number of thiocarbonyl (C=S) groups is 1. The zero-order chi connectivity index (χ0) is 13.1. The van der Waals surface area contributed by atoms with Gasteiger partial charge in [0.2, 0.25) is 0 Å². The minimum atomic E-state index is -0.167. The smallest absolute Gasteiger partial charge is 0.263 e. The van der Waals surface area contributed by atoms with Crippen LogP contribution in [0.1, 0.15) is 5.56 Å². The van der Waals surface area contributed by atoms with Crippen molar-refractivity contribution in [1.82, 2.24) is 5.32 Å². The van der Waals surface area contributed by atoms with Gasteiger partial charge in [0.1, 0.15) is 4.32 Å². The second-order valence-corrected chi connectivity index (χ2v) is 5.19. The molecule has 1 aromatic carbocycles. The molecule has 2 rings (SSSR count). The Morgan fingerprint density at radius 3 is 2.56 bits per heavy atom. The lowest BCUT2D eigenvalue weighted by atomic mass is 10.2. The third kappa shape index (κ3) is 2.65. The van der Waals surface area contributed by atoms with Gasteiger partial charge in [-0.3, -0.25) is 4.79 Å². The Morgan fingerprint density at radius 2 is 2.00 bits per heavy atom. The summed E-state index contributed by atoms with van der Waals surface area (Å²) >= 11 is 6.17. The van der Waals surface area contributed by atoms with Gasteiger partial charge in [-0.1, -0.05) is 30.0 Å². The molecule has 0 aromatic heterocycles. The molecule has 4 nitrogen and oxygen atoms in total. The number of methoxy groups -OCH3 is 2. The highest BCUT2D eigenvalue weighted by Gasteiger charge is 2.22. The summed E-state index contributed by atoms with van der Waals surface area (Å²) in [4.78, 5) is 12.1. The number of thioether (sulfide) groups is 1. The highest BCUT2D eigenvalue weighted by atomic mass is 32.2. The topological polar surface area (TPSA) is 47.6 Å². The lowest BCUT2D eigenvalue weighted by Crippen LogP contribution is -2.17. The van der Waals surface area contributed by atoms with Gasteiger partial charge >= 0.3 is 0 Å². The lowest BCUT2D eigenvalue weighted by molar-refractivity contribution is -0.115. The fraction of sp³-hybridized carbons (Fsp3) is 0.167. The van der Waals surface area contributed by atoms with E-state index in [1.54, 1.807) is 32.4 Å². The first-order valence-electron chi connectivity index (χ1n) is 5.11. The van der Waals surface area contributed by atoms with Crippen molar-refractivity contribution in [3.63, 3.8) is 0 Å². The first-order valence-corrected chi connectivity index (χ1v) is 6.33. The third-order valence-corrected chi connectivity index (χ3v) is 3.51. The van der Waals surface area contributed by atoms with Crippen molar-refractivity contribution in [1.29, 1.82) is 0 Å². The van der Waals surface area contributed by atoms with E-state index < -0.39 is 0 Å². The molecule has 94 valence electrons. The van der Waals surface area contributed by atoms with Crippen molar-refractivity contribution in [3.05, 3.63) is 28.7 Å². The van der Waals surface area contributed by atoms with Crippen molar-refractivity contribution in [2.45, 2.75) is 0 Å². The summed E-state index contributed by atoms with van der Waals surface area (Å²) in [6, 6.07) is 5.45. The van der Waals surface area contributed by atoms with E-state index in [1.165, 1.54) is 11.8 Å². The van der Waals surface area contributed by atoms with Crippen LogP contribution in [0.5, 0.6) is 11.5 Å². The second-order valence-electron chi connectivity index (χ2n) is 3.47. The van der Waals surface area contributed by atoms with E-state index in [1.807, 2.05) is 6.07 Å². The van der Waals surface area contributed by atoms with Gasteiger partial charge in [-0.25, -0.2) is 0 Å². The molecular formula is C12H11NO3S2. The molecule has 0 spiro atoms. The zero-order valence-corrected chi connectivity index (χ0v) is 11.5. The summed E-state index contributed by atoms with van der Waals surface area (Å²) in [6.07, 6.45) is 1.77. The van der Waals surface area contributed by atoms with E-state index in [0.29, 0.717) is 20.7 Å². The molecule has 1 saturated heterocycles. The molecule has 0 aliphatic carbocycles. The molecule has 1 amide bonds. The number of nitrogens with one attached hydrogen (secondary N) is 1. The molecule has 1 fully saturated rings. The van der Waals surface area contributed by atoms with Crippen LogP contribution in [0, 0.1) is 0 Å². The van der Waals surface area contributed by atoms with E-state index >= 15 is 0 Å². The normalized spacial score (nSPS) is 16.9. The van der Waals surface area contributed by atoms with Crippen molar-refractivity contribution >= 4 is 40.3 Å². The largest absolute Gasteiger partial charge is 0.493 e.